The van der Waals surface area contributed by atoms with Crippen LogP contribution in [0.4, 0.5) is 0 Å². The summed E-state index contributed by atoms with van der Waals surface area (Å²) in [5.41, 5.74) is -0.575. The molecule has 0 aliphatic carbocycles. The molecule has 2 atom stereocenters. The predicted octanol–water partition coefficient (Wildman–Crippen LogP) is 0.447. The van der Waals surface area contributed by atoms with Gasteiger partial charge in [-0.2, -0.15) is 0 Å². The van der Waals surface area contributed by atoms with E-state index in [9.17, 15) is 5.11 Å². The lowest BCUT2D eigenvalue weighted by Crippen LogP contribution is -2.39. The van der Waals surface area contributed by atoms with Gasteiger partial charge in [0.25, 0.3) is 0 Å². The zero-order valence-electron chi connectivity index (χ0n) is 11.8. The smallest absolute Gasteiger partial charge is 0.159 e. The molecule has 0 rings (SSSR count). The topological polar surface area (TPSA) is 88.4 Å². The van der Waals surface area contributed by atoms with E-state index in [0.29, 0.717) is 0 Å². The van der Waals surface area contributed by atoms with Gasteiger partial charge in [-0.1, -0.05) is 6.92 Å². The van der Waals surface area contributed by atoms with E-state index >= 15 is 0 Å². The second-order valence-corrected chi connectivity index (χ2v) is 5.37. The van der Waals surface area contributed by atoms with Crippen molar-refractivity contribution >= 4 is 0 Å². The maximum Gasteiger partial charge on any atom is 0.159 e. The largest absolute Gasteiger partial charge is 0.368 e. The highest BCUT2D eigenvalue weighted by atomic mass is 16.6. The van der Waals surface area contributed by atoms with E-state index in [-0.39, 0.29) is 19.8 Å². The summed E-state index contributed by atoms with van der Waals surface area (Å²) in [6, 6.07) is 0. The third-order valence-corrected chi connectivity index (χ3v) is 2.12. The van der Waals surface area contributed by atoms with Gasteiger partial charge in [0.15, 0.2) is 18.4 Å². The van der Waals surface area contributed by atoms with Gasteiger partial charge >= 0.3 is 0 Å². The summed E-state index contributed by atoms with van der Waals surface area (Å²) in [5.74, 6) is -1.25. The number of aliphatic hydroxyl groups is 3. The number of hydrogen-bond donors (Lipinski definition) is 3. The van der Waals surface area contributed by atoms with Crippen LogP contribution >= 0.6 is 0 Å². The first kappa shape index (κ1) is 17.8. The van der Waals surface area contributed by atoms with Crippen LogP contribution in [0.5, 0.6) is 0 Å². The first-order valence-corrected chi connectivity index (χ1v) is 6.00. The van der Waals surface area contributed by atoms with Gasteiger partial charge in [0, 0.05) is 5.41 Å². The first-order valence-electron chi connectivity index (χ1n) is 6.00. The normalized spacial score (nSPS) is 19.3. The van der Waals surface area contributed by atoms with E-state index in [1.54, 1.807) is 0 Å². The van der Waals surface area contributed by atoms with Crippen LogP contribution in [-0.2, 0) is 14.2 Å². The molecule has 0 amide bonds. The van der Waals surface area contributed by atoms with Crippen molar-refractivity contribution in [1.82, 2.24) is 0 Å². The summed E-state index contributed by atoms with van der Waals surface area (Å²) in [4.78, 5) is 0. The SMILES string of the molecule is CC(O)OCC(C)(COC(C)O)COC(C)(C)O. The Balaban J connectivity index is 4.38. The summed E-state index contributed by atoms with van der Waals surface area (Å²) < 4.78 is 15.6. The van der Waals surface area contributed by atoms with Gasteiger partial charge in [0.2, 0.25) is 0 Å². The Labute approximate surface area is 108 Å². The number of aliphatic hydroxyl groups excluding tert-OH is 2. The van der Waals surface area contributed by atoms with Crippen molar-refractivity contribution in [2.45, 2.75) is 53.0 Å². The molecular formula is C12H26O6. The molecule has 0 aliphatic heterocycles. The van der Waals surface area contributed by atoms with E-state index < -0.39 is 23.8 Å². The standard InChI is InChI=1S/C12H26O6/c1-9(13)16-6-12(5,7-17-10(2)14)8-18-11(3,4)15/h9-10,13-15H,6-8H2,1-5H3. The minimum Gasteiger partial charge on any atom is -0.368 e. The van der Waals surface area contributed by atoms with Gasteiger partial charge < -0.3 is 29.5 Å². The van der Waals surface area contributed by atoms with Gasteiger partial charge in [-0.25, -0.2) is 0 Å². The van der Waals surface area contributed by atoms with Crippen LogP contribution in [0.1, 0.15) is 34.6 Å². The highest BCUT2D eigenvalue weighted by Crippen LogP contribution is 2.22. The molecule has 0 bridgehead atoms. The minimum absolute atomic E-state index is 0.177. The lowest BCUT2D eigenvalue weighted by Gasteiger charge is -2.32. The van der Waals surface area contributed by atoms with Crippen molar-refractivity contribution in [1.29, 1.82) is 0 Å². The van der Waals surface area contributed by atoms with Crippen molar-refractivity contribution in [2.24, 2.45) is 5.41 Å². The summed E-state index contributed by atoms with van der Waals surface area (Å²) in [5, 5.41) is 27.8. The fraction of sp³-hybridized carbons (Fsp3) is 1.00. The number of rotatable bonds is 9. The molecule has 0 aromatic carbocycles. The molecule has 0 radical (unpaired) electrons. The van der Waals surface area contributed by atoms with Crippen LogP contribution in [0.3, 0.4) is 0 Å². The number of hydrogen-bond acceptors (Lipinski definition) is 6. The zero-order chi connectivity index (χ0) is 14.4. The molecule has 6 nitrogen and oxygen atoms in total. The molecule has 0 aromatic rings. The fourth-order valence-corrected chi connectivity index (χ4v) is 1.12. The Bertz CT molecular complexity index is 209. The second kappa shape index (κ2) is 7.37. The van der Waals surface area contributed by atoms with Crippen LogP contribution < -0.4 is 0 Å². The summed E-state index contributed by atoms with van der Waals surface area (Å²) in [6.45, 7) is 8.44. The Morgan fingerprint density at radius 3 is 1.56 bits per heavy atom. The molecule has 2 unspecified atom stereocenters. The molecule has 0 spiro atoms. The van der Waals surface area contributed by atoms with Gasteiger partial charge in [-0.3, -0.25) is 0 Å². The average Bonchev–Trinajstić information content (AvgIpc) is 2.20. The maximum atomic E-state index is 9.53. The highest BCUT2D eigenvalue weighted by molar-refractivity contribution is 4.74. The molecule has 6 heteroatoms. The Morgan fingerprint density at radius 2 is 1.28 bits per heavy atom. The lowest BCUT2D eigenvalue weighted by molar-refractivity contribution is -0.219. The molecule has 0 heterocycles. The van der Waals surface area contributed by atoms with E-state index in [1.165, 1.54) is 27.7 Å². The molecule has 0 fully saturated rings. The number of ether oxygens (including phenoxy) is 3. The Kier molecular flexibility index (Phi) is 7.28. The van der Waals surface area contributed by atoms with Crippen molar-refractivity contribution < 1.29 is 29.5 Å². The fourth-order valence-electron chi connectivity index (χ4n) is 1.12. The molecule has 0 aromatic heterocycles. The maximum absolute atomic E-state index is 9.53. The average molecular weight is 266 g/mol. The monoisotopic (exact) mass is 266 g/mol. The minimum atomic E-state index is -1.25. The van der Waals surface area contributed by atoms with Crippen LogP contribution in [-0.4, -0.2) is 53.5 Å². The molecular weight excluding hydrogens is 240 g/mol. The summed E-state index contributed by atoms with van der Waals surface area (Å²) in [6.07, 6.45) is -1.78. The molecule has 0 aliphatic rings. The molecule has 0 saturated carbocycles. The molecule has 3 N–H and O–H groups in total. The first-order chi connectivity index (χ1) is 8.04. The second-order valence-electron chi connectivity index (χ2n) is 5.37. The summed E-state index contributed by atoms with van der Waals surface area (Å²) >= 11 is 0. The van der Waals surface area contributed by atoms with Crippen molar-refractivity contribution in [2.75, 3.05) is 19.8 Å². The van der Waals surface area contributed by atoms with E-state index in [4.69, 9.17) is 24.4 Å². The van der Waals surface area contributed by atoms with Crippen LogP contribution in [0, 0.1) is 5.41 Å². The summed E-state index contributed by atoms with van der Waals surface area (Å²) in [7, 11) is 0. The van der Waals surface area contributed by atoms with Gasteiger partial charge in [-0.05, 0) is 27.7 Å². The lowest BCUT2D eigenvalue weighted by atomic mass is 9.94. The Hall–Kier alpha value is -0.240. The van der Waals surface area contributed by atoms with Crippen LogP contribution in [0.25, 0.3) is 0 Å². The van der Waals surface area contributed by atoms with Gasteiger partial charge in [-0.15, -0.1) is 0 Å². The molecule has 0 saturated heterocycles. The van der Waals surface area contributed by atoms with Crippen LogP contribution in [0.2, 0.25) is 0 Å². The van der Waals surface area contributed by atoms with Gasteiger partial charge in [0.1, 0.15) is 0 Å². The molecule has 18 heavy (non-hydrogen) atoms. The van der Waals surface area contributed by atoms with Gasteiger partial charge in [0.05, 0.1) is 19.8 Å². The quantitative estimate of drug-likeness (QED) is 0.525. The third-order valence-electron chi connectivity index (χ3n) is 2.12. The van der Waals surface area contributed by atoms with E-state index in [2.05, 4.69) is 0 Å². The highest BCUT2D eigenvalue weighted by Gasteiger charge is 2.30. The third kappa shape index (κ3) is 9.76. The van der Waals surface area contributed by atoms with Crippen LogP contribution in [0.15, 0.2) is 0 Å². The predicted molar refractivity (Wildman–Crippen MR) is 65.6 cm³/mol. The molecule has 110 valence electrons. The van der Waals surface area contributed by atoms with Crippen molar-refractivity contribution in [3.8, 4) is 0 Å². The Morgan fingerprint density at radius 1 is 0.889 bits per heavy atom. The van der Waals surface area contributed by atoms with Crippen molar-refractivity contribution in [3.63, 3.8) is 0 Å². The zero-order valence-corrected chi connectivity index (χ0v) is 11.8. The van der Waals surface area contributed by atoms with Crippen molar-refractivity contribution in [3.05, 3.63) is 0 Å². The van der Waals surface area contributed by atoms with E-state index in [0.717, 1.165) is 0 Å². The van der Waals surface area contributed by atoms with E-state index in [1.807, 2.05) is 6.92 Å².